The number of unbranched alkanes of at least 4 members (excludes halogenated alkanes) is 3. The van der Waals surface area contributed by atoms with Gasteiger partial charge in [0.1, 0.15) is 0 Å². The van der Waals surface area contributed by atoms with Gasteiger partial charge in [-0.3, -0.25) is 0 Å². The van der Waals surface area contributed by atoms with Gasteiger partial charge >= 0.3 is 0 Å². The fourth-order valence-corrected chi connectivity index (χ4v) is 0.474. The van der Waals surface area contributed by atoms with Gasteiger partial charge in [0.15, 0.2) is 0 Å². The summed E-state index contributed by atoms with van der Waals surface area (Å²) in [5.41, 5.74) is 0. The summed E-state index contributed by atoms with van der Waals surface area (Å²) in [5, 5.41) is 31.8. The average Bonchev–Trinajstić information content (AvgIpc) is 2.35. The molecule has 0 fully saturated rings. The van der Waals surface area contributed by atoms with E-state index in [0.29, 0.717) is 19.8 Å². The van der Waals surface area contributed by atoms with Gasteiger partial charge in [-0.15, -0.1) is 0 Å². The van der Waals surface area contributed by atoms with Crippen molar-refractivity contribution >= 4 is 0 Å². The molecular formula is C14H36HfO4. The second-order valence-corrected chi connectivity index (χ2v) is 3.55. The van der Waals surface area contributed by atoms with Gasteiger partial charge in [-0.2, -0.15) is 0 Å². The summed E-state index contributed by atoms with van der Waals surface area (Å²) in [5.74, 6) is 0. The maximum atomic E-state index is 8.07. The molecular weight excluding hydrogens is 411 g/mol. The van der Waals surface area contributed by atoms with E-state index in [1.807, 2.05) is 0 Å². The smallest absolute Gasteiger partial charge is 0.0430 e. The van der Waals surface area contributed by atoms with Crippen molar-refractivity contribution in [3.05, 3.63) is 0 Å². The summed E-state index contributed by atoms with van der Waals surface area (Å²) >= 11 is 0. The molecule has 0 aliphatic rings. The minimum absolute atomic E-state index is 0. The molecule has 0 aromatic rings. The number of rotatable bonds is 6. The molecule has 0 rings (SSSR count). The van der Waals surface area contributed by atoms with Crippen LogP contribution in [0.3, 0.4) is 0 Å². The zero-order valence-corrected chi connectivity index (χ0v) is 17.0. The third-order valence-electron chi connectivity index (χ3n) is 1.54. The first-order valence-corrected chi connectivity index (χ1v) is 7.09. The summed E-state index contributed by atoms with van der Waals surface area (Å²) < 4.78 is 0. The van der Waals surface area contributed by atoms with E-state index in [1.165, 1.54) is 0 Å². The molecule has 4 N–H and O–H groups in total. The van der Waals surface area contributed by atoms with E-state index in [4.69, 9.17) is 20.4 Å². The maximum Gasteiger partial charge on any atom is 0.0430 e. The van der Waals surface area contributed by atoms with Crippen LogP contribution in [0.4, 0.5) is 0 Å². The van der Waals surface area contributed by atoms with E-state index in [1.54, 1.807) is 6.92 Å². The van der Waals surface area contributed by atoms with Crippen molar-refractivity contribution in [1.82, 2.24) is 0 Å². The second kappa shape index (κ2) is 51.2. The topological polar surface area (TPSA) is 80.9 Å². The van der Waals surface area contributed by atoms with Gasteiger partial charge in [0.2, 0.25) is 0 Å². The molecule has 120 valence electrons. The van der Waals surface area contributed by atoms with Crippen LogP contribution in [0.25, 0.3) is 0 Å². The van der Waals surface area contributed by atoms with Crippen LogP contribution in [0, 0.1) is 0 Å². The maximum absolute atomic E-state index is 8.07. The van der Waals surface area contributed by atoms with E-state index in [0.717, 1.165) is 38.5 Å². The molecule has 4 nitrogen and oxygen atoms in total. The Hall–Kier alpha value is 0.710. The first-order valence-electron chi connectivity index (χ1n) is 7.09. The molecule has 0 bridgehead atoms. The van der Waals surface area contributed by atoms with Gasteiger partial charge in [-0.05, 0) is 26.2 Å². The molecule has 0 aliphatic carbocycles. The first-order chi connectivity index (χ1) is 8.66. The molecule has 5 heteroatoms. The molecule has 0 aromatic heterocycles. The molecule has 0 aliphatic heterocycles. The Labute approximate surface area is 139 Å². The molecule has 0 radical (unpaired) electrons. The van der Waals surface area contributed by atoms with Crippen LogP contribution in [0.2, 0.25) is 0 Å². The van der Waals surface area contributed by atoms with Gasteiger partial charge in [0.25, 0.3) is 0 Å². The minimum atomic E-state index is 0. The SMILES string of the molecule is CCCCO.CCCCO.CCCCO.CCO.[Hf]. The van der Waals surface area contributed by atoms with E-state index in [9.17, 15) is 0 Å². The average molecular weight is 447 g/mol. The third-order valence-corrected chi connectivity index (χ3v) is 1.54. The Morgan fingerprint density at radius 1 is 0.526 bits per heavy atom. The summed E-state index contributed by atoms with van der Waals surface area (Å²) in [6, 6.07) is 0. The largest absolute Gasteiger partial charge is 0.397 e. The van der Waals surface area contributed by atoms with Crippen LogP contribution < -0.4 is 0 Å². The van der Waals surface area contributed by atoms with E-state index in [-0.39, 0.29) is 32.5 Å². The van der Waals surface area contributed by atoms with Gasteiger partial charge in [-0.25, -0.2) is 0 Å². The van der Waals surface area contributed by atoms with Crippen molar-refractivity contribution in [2.45, 2.75) is 66.2 Å². The standard InChI is InChI=1S/3C4H10O.C2H6O.Hf/c3*1-2-3-4-5;1-2-3;/h3*5H,2-4H2,1H3;3H,2H2,1H3;. The summed E-state index contributed by atoms with van der Waals surface area (Å²) in [7, 11) is 0. The molecule has 0 saturated heterocycles. The van der Waals surface area contributed by atoms with Crippen molar-refractivity contribution in [3.8, 4) is 0 Å². The van der Waals surface area contributed by atoms with Gasteiger partial charge in [-0.1, -0.05) is 40.0 Å². The second-order valence-electron chi connectivity index (χ2n) is 3.55. The summed E-state index contributed by atoms with van der Waals surface area (Å²) in [6.07, 6.45) is 6.11. The van der Waals surface area contributed by atoms with Crippen LogP contribution in [0.1, 0.15) is 66.2 Å². The Balaban J connectivity index is -0.0000000458. The van der Waals surface area contributed by atoms with Gasteiger partial charge in [0.05, 0.1) is 0 Å². The predicted octanol–water partition coefficient (Wildman–Crippen LogP) is 2.33. The summed E-state index contributed by atoms with van der Waals surface area (Å²) in [6.45, 7) is 9.12. The Kier molecular flexibility index (Phi) is 85.9. The molecule has 0 amide bonds. The molecule has 0 unspecified atom stereocenters. The fraction of sp³-hybridized carbons (Fsp3) is 1.00. The molecule has 0 saturated carbocycles. The minimum Gasteiger partial charge on any atom is -0.397 e. The van der Waals surface area contributed by atoms with Gasteiger partial charge < -0.3 is 20.4 Å². The fourth-order valence-electron chi connectivity index (χ4n) is 0.474. The van der Waals surface area contributed by atoms with Crippen molar-refractivity contribution in [2.24, 2.45) is 0 Å². The van der Waals surface area contributed by atoms with Crippen molar-refractivity contribution in [2.75, 3.05) is 26.4 Å². The molecule has 0 spiro atoms. The molecule has 0 atom stereocenters. The summed E-state index contributed by atoms with van der Waals surface area (Å²) in [4.78, 5) is 0. The first kappa shape index (κ1) is 31.9. The van der Waals surface area contributed by atoms with Crippen LogP contribution in [-0.2, 0) is 25.8 Å². The Morgan fingerprint density at radius 2 is 0.684 bits per heavy atom. The Morgan fingerprint density at radius 3 is 0.684 bits per heavy atom. The van der Waals surface area contributed by atoms with E-state index >= 15 is 0 Å². The van der Waals surface area contributed by atoms with Gasteiger partial charge in [0, 0.05) is 52.3 Å². The third kappa shape index (κ3) is 116. The van der Waals surface area contributed by atoms with Crippen molar-refractivity contribution in [1.29, 1.82) is 0 Å². The number of aliphatic hydroxyl groups is 4. The Bertz CT molecular complexity index is 65.6. The van der Waals surface area contributed by atoms with Crippen LogP contribution >= 0.6 is 0 Å². The van der Waals surface area contributed by atoms with Crippen LogP contribution in [0.15, 0.2) is 0 Å². The van der Waals surface area contributed by atoms with E-state index in [2.05, 4.69) is 20.8 Å². The van der Waals surface area contributed by atoms with Crippen LogP contribution in [-0.4, -0.2) is 46.9 Å². The normalized spacial score (nSPS) is 7.58. The predicted molar refractivity (Wildman–Crippen MR) is 78.7 cm³/mol. The van der Waals surface area contributed by atoms with Crippen molar-refractivity contribution < 1.29 is 46.3 Å². The number of hydrogen-bond acceptors (Lipinski definition) is 4. The van der Waals surface area contributed by atoms with E-state index < -0.39 is 0 Å². The molecule has 0 heterocycles. The molecule has 0 aromatic carbocycles. The zero-order chi connectivity index (χ0) is 15.1. The zero-order valence-electron chi connectivity index (χ0n) is 13.4. The van der Waals surface area contributed by atoms with Crippen LogP contribution in [0.5, 0.6) is 0 Å². The van der Waals surface area contributed by atoms with Crippen molar-refractivity contribution in [3.63, 3.8) is 0 Å². The number of aliphatic hydroxyl groups excluding tert-OH is 4. The monoisotopic (exact) mass is 448 g/mol. The quantitative estimate of drug-likeness (QED) is 0.472. The molecule has 19 heavy (non-hydrogen) atoms. The number of hydrogen-bond donors (Lipinski definition) is 4.